The van der Waals surface area contributed by atoms with Crippen LogP contribution in [0.25, 0.3) is 0 Å². The fourth-order valence-corrected chi connectivity index (χ4v) is 5.84. The SMILES string of the molecule is O=C(N1[C@@H]2CC[C@H]1[C@](CO)(Cc1ccccc1)C2)C1(c2ccccc2F)CC1. The lowest BCUT2D eigenvalue weighted by Gasteiger charge is -2.37. The molecule has 1 aliphatic carbocycles. The lowest BCUT2D eigenvalue weighted by molar-refractivity contribution is -0.136. The van der Waals surface area contributed by atoms with Crippen molar-refractivity contribution in [3.8, 4) is 0 Å². The molecule has 0 aromatic heterocycles. The molecule has 0 spiro atoms. The van der Waals surface area contributed by atoms with Gasteiger partial charge in [0.25, 0.3) is 0 Å². The van der Waals surface area contributed by atoms with Crippen LogP contribution < -0.4 is 0 Å². The van der Waals surface area contributed by atoms with Crippen LogP contribution in [0.4, 0.5) is 4.39 Å². The number of nitrogens with zero attached hydrogens (tertiary/aromatic N) is 1. The Balaban J connectivity index is 1.45. The minimum absolute atomic E-state index is 0.0412. The molecule has 2 aliphatic heterocycles. The third-order valence-corrected chi connectivity index (χ3v) is 7.35. The average Bonchev–Trinajstić information content (AvgIpc) is 3.34. The Labute approximate surface area is 165 Å². The average molecular weight is 379 g/mol. The molecular weight excluding hydrogens is 353 g/mol. The van der Waals surface area contributed by atoms with Gasteiger partial charge in [0.2, 0.25) is 5.91 Å². The molecule has 146 valence electrons. The van der Waals surface area contributed by atoms with Crippen LogP contribution in [-0.4, -0.2) is 34.6 Å². The van der Waals surface area contributed by atoms with Gasteiger partial charge in [-0.25, -0.2) is 4.39 Å². The standard InChI is InChI=1S/C24H26FNO2/c25-20-9-5-4-8-19(20)24(12-13-24)22(28)26-18-10-11-21(26)23(15-18,16-27)14-17-6-2-1-3-7-17/h1-9,18,21,27H,10-16H2/t18-,21+,23-/m1/s1. The molecular formula is C24H26FNO2. The van der Waals surface area contributed by atoms with Gasteiger partial charge >= 0.3 is 0 Å². The van der Waals surface area contributed by atoms with Crippen molar-refractivity contribution < 1.29 is 14.3 Å². The van der Waals surface area contributed by atoms with Crippen LogP contribution >= 0.6 is 0 Å². The van der Waals surface area contributed by atoms with Crippen LogP contribution in [0.2, 0.25) is 0 Å². The van der Waals surface area contributed by atoms with Crippen molar-refractivity contribution in [2.24, 2.45) is 5.41 Å². The van der Waals surface area contributed by atoms with E-state index < -0.39 is 5.41 Å². The zero-order valence-electron chi connectivity index (χ0n) is 16.0. The molecule has 3 atom stereocenters. The molecule has 3 aliphatic rings. The number of hydrogen-bond donors (Lipinski definition) is 1. The van der Waals surface area contributed by atoms with Gasteiger partial charge in [0.1, 0.15) is 5.82 Å². The summed E-state index contributed by atoms with van der Waals surface area (Å²) in [6.07, 6.45) is 4.96. The number of halogens is 1. The smallest absolute Gasteiger partial charge is 0.233 e. The summed E-state index contributed by atoms with van der Waals surface area (Å²) < 4.78 is 14.5. The lowest BCUT2D eigenvalue weighted by atomic mass is 9.70. The van der Waals surface area contributed by atoms with Crippen molar-refractivity contribution in [1.29, 1.82) is 0 Å². The van der Waals surface area contributed by atoms with Crippen LogP contribution in [0.5, 0.6) is 0 Å². The molecule has 28 heavy (non-hydrogen) atoms. The van der Waals surface area contributed by atoms with E-state index >= 15 is 0 Å². The number of hydrogen-bond acceptors (Lipinski definition) is 2. The molecule has 0 unspecified atom stereocenters. The molecule has 2 aromatic rings. The number of rotatable bonds is 5. The summed E-state index contributed by atoms with van der Waals surface area (Å²) in [5, 5.41) is 10.4. The van der Waals surface area contributed by atoms with Crippen LogP contribution in [0.1, 0.15) is 43.2 Å². The van der Waals surface area contributed by atoms with Crippen molar-refractivity contribution in [3.05, 3.63) is 71.5 Å². The Morgan fingerprint density at radius 3 is 2.46 bits per heavy atom. The Kier molecular flexibility index (Phi) is 4.09. The van der Waals surface area contributed by atoms with E-state index in [-0.39, 0.29) is 35.8 Å². The highest BCUT2D eigenvalue weighted by atomic mass is 19.1. The maximum Gasteiger partial charge on any atom is 0.233 e. The van der Waals surface area contributed by atoms with Gasteiger partial charge in [0, 0.05) is 23.1 Å². The fraction of sp³-hybridized carbons (Fsp3) is 0.458. The van der Waals surface area contributed by atoms with Crippen LogP contribution in [-0.2, 0) is 16.6 Å². The van der Waals surface area contributed by atoms with E-state index in [0.29, 0.717) is 18.4 Å². The van der Waals surface area contributed by atoms with Gasteiger partial charge in [-0.15, -0.1) is 0 Å². The van der Waals surface area contributed by atoms with E-state index in [2.05, 4.69) is 12.1 Å². The van der Waals surface area contributed by atoms with Crippen LogP contribution in [0, 0.1) is 11.2 Å². The zero-order chi connectivity index (χ0) is 19.4. The molecule has 5 rings (SSSR count). The molecule has 1 amide bonds. The van der Waals surface area contributed by atoms with Crippen LogP contribution in [0.3, 0.4) is 0 Å². The molecule has 1 saturated carbocycles. The van der Waals surface area contributed by atoms with Gasteiger partial charge in [-0.05, 0) is 50.2 Å². The second kappa shape index (κ2) is 6.41. The van der Waals surface area contributed by atoms with E-state index in [0.717, 1.165) is 25.7 Å². The minimum Gasteiger partial charge on any atom is -0.396 e. The predicted octanol–water partition coefficient (Wildman–Crippen LogP) is 3.84. The van der Waals surface area contributed by atoms with Gasteiger partial charge in [-0.3, -0.25) is 4.79 Å². The highest BCUT2D eigenvalue weighted by Crippen LogP contribution is 2.57. The van der Waals surface area contributed by atoms with Gasteiger partial charge < -0.3 is 10.0 Å². The second-order valence-corrected chi connectivity index (χ2v) is 8.91. The quantitative estimate of drug-likeness (QED) is 0.857. The Hall–Kier alpha value is -2.20. The largest absolute Gasteiger partial charge is 0.396 e. The fourth-order valence-electron chi connectivity index (χ4n) is 5.84. The summed E-state index contributed by atoms with van der Waals surface area (Å²) in [7, 11) is 0. The maximum atomic E-state index is 14.5. The first-order chi connectivity index (χ1) is 13.6. The number of carbonyl (C=O) groups is 1. The third kappa shape index (κ3) is 2.54. The van der Waals surface area contributed by atoms with Gasteiger partial charge in [0.15, 0.2) is 0 Å². The number of fused-ring (bicyclic) bond motifs is 2. The number of benzene rings is 2. The van der Waals surface area contributed by atoms with Crippen molar-refractivity contribution in [1.82, 2.24) is 4.90 Å². The minimum atomic E-state index is -0.690. The first-order valence-electron chi connectivity index (χ1n) is 10.3. The molecule has 2 aromatic carbocycles. The summed E-state index contributed by atoms with van der Waals surface area (Å²) in [6, 6.07) is 17.1. The van der Waals surface area contributed by atoms with E-state index in [1.807, 2.05) is 29.2 Å². The Morgan fingerprint density at radius 2 is 1.79 bits per heavy atom. The third-order valence-electron chi connectivity index (χ3n) is 7.35. The summed E-state index contributed by atoms with van der Waals surface area (Å²) in [4.78, 5) is 15.7. The Morgan fingerprint density at radius 1 is 1.07 bits per heavy atom. The predicted molar refractivity (Wildman–Crippen MR) is 105 cm³/mol. The number of carbonyl (C=O) groups excluding carboxylic acids is 1. The van der Waals surface area contributed by atoms with Crippen molar-refractivity contribution in [2.45, 2.75) is 56.0 Å². The number of amides is 1. The molecule has 3 nitrogen and oxygen atoms in total. The number of aliphatic hydroxyl groups excluding tert-OH is 1. The van der Waals surface area contributed by atoms with Crippen LogP contribution in [0.15, 0.2) is 54.6 Å². The van der Waals surface area contributed by atoms with E-state index in [1.54, 1.807) is 12.1 Å². The first kappa shape index (κ1) is 17.9. The highest BCUT2D eigenvalue weighted by molar-refractivity contribution is 5.92. The second-order valence-electron chi connectivity index (χ2n) is 8.91. The summed E-state index contributed by atoms with van der Waals surface area (Å²) in [5.41, 5.74) is 0.770. The molecule has 2 saturated heterocycles. The molecule has 1 N–H and O–H groups in total. The highest BCUT2D eigenvalue weighted by Gasteiger charge is 2.63. The first-order valence-corrected chi connectivity index (χ1v) is 10.3. The molecule has 2 bridgehead atoms. The summed E-state index contributed by atoms with van der Waals surface area (Å²) in [6.45, 7) is 0.0829. The lowest BCUT2D eigenvalue weighted by Crippen LogP contribution is -2.47. The molecule has 3 fully saturated rings. The van der Waals surface area contributed by atoms with Crippen molar-refractivity contribution in [2.75, 3.05) is 6.61 Å². The monoisotopic (exact) mass is 379 g/mol. The molecule has 0 radical (unpaired) electrons. The Bertz CT molecular complexity index is 894. The number of aliphatic hydroxyl groups is 1. The normalized spacial score (nSPS) is 29.9. The van der Waals surface area contributed by atoms with Crippen molar-refractivity contribution >= 4 is 5.91 Å². The summed E-state index contributed by atoms with van der Waals surface area (Å²) >= 11 is 0. The maximum absolute atomic E-state index is 14.5. The molecule has 2 heterocycles. The topological polar surface area (TPSA) is 40.5 Å². The van der Waals surface area contributed by atoms with Crippen molar-refractivity contribution in [3.63, 3.8) is 0 Å². The summed E-state index contributed by atoms with van der Waals surface area (Å²) in [5.74, 6) is -0.203. The van der Waals surface area contributed by atoms with E-state index in [1.165, 1.54) is 11.6 Å². The van der Waals surface area contributed by atoms with E-state index in [9.17, 15) is 14.3 Å². The van der Waals surface area contributed by atoms with E-state index in [4.69, 9.17) is 0 Å². The zero-order valence-corrected chi connectivity index (χ0v) is 16.0. The van der Waals surface area contributed by atoms with Gasteiger partial charge in [0.05, 0.1) is 12.0 Å². The van der Waals surface area contributed by atoms with Gasteiger partial charge in [-0.1, -0.05) is 48.5 Å². The van der Waals surface area contributed by atoms with Gasteiger partial charge in [-0.2, -0.15) is 0 Å². The molecule has 4 heteroatoms.